The quantitative estimate of drug-likeness (QED) is 0.126. The summed E-state index contributed by atoms with van der Waals surface area (Å²) < 4.78 is 4.94. The van der Waals surface area contributed by atoms with Crippen LogP contribution in [-0.2, 0) is 4.74 Å². The number of aliphatic imine (C=N–C) groups is 1. The molecule has 0 spiro atoms. The molecule has 1 saturated heterocycles. The summed E-state index contributed by atoms with van der Waals surface area (Å²) in [5.74, 6) is 0. The maximum atomic E-state index is 10.5. The van der Waals surface area contributed by atoms with Gasteiger partial charge in [0.05, 0.1) is 17.1 Å². The van der Waals surface area contributed by atoms with Gasteiger partial charge in [-0.2, -0.15) is 0 Å². The molecule has 0 atom stereocenters. The highest BCUT2D eigenvalue weighted by molar-refractivity contribution is 5.78. The van der Waals surface area contributed by atoms with Gasteiger partial charge in [-0.05, 0) is 56.5 Å². The Kier molecular flexibility index (Phi) is 18.5. The fourth-order valence-electron chi connectivity index (χ4n) is 3.70. The maximum Gasteiger partial charge on any atom is 0.168 e. The molecule has 2 aromatic carbocycles. The second kappa shape index (κ2) is 22.7. The van der Waals surface area contributed by atoms with E-state index in [-0.39, 0.29) is 0 Å². The fraction of sp³-hybridized carbons (Fsp3) is 0.333. The summed E-state index contributed by atoms with van der Waals surface area (Å²) in [4.78, 5) is 23.7. The Bertz CT molecular complexity index is 1250. The molecule has 0 unspecified atom stereocenters. The number of benzene rings is 2. The molecule has 4 aromatic rings. The van der Waals surface area contributed by atoms with Gasteiger partial charge >= 0.3 is 0 Å². The molecule has 0 radical (unpaired) electrons. The molecule has 1 aliphatic heterocycles. The summed E-state index contributed by atoms with van der Waals surface area (Å²) in [7, 11) is 0. The van der Waals surface area contributed by atoms with Crippen molar-refractivity contribution in [3.63, 3.8) is 0 Å². The van der Waals surface area contributed by atoms with Crippen LogP contribution in [0.1, 0.15) is 68.6 Å². The van der Waals surface area contributed by atoms with Crippen LogP contribution in [0.2, 0.25) is 0 Å². The minimum absolute atomic E-state index is 0.464. The van der Waals surface area contributed by atoms with E-state index in [1.165, 1.54) is 32.1 Å². The van der Waals surface area contributed by atoms with Crippen LogP contribution in [0.25, 0.3) is 22.5 Å². The number of pyridine rings is 2. The second-order valence-corrected chi connectivity index (χ2v) is 9.60. The van der Waals surface area contributed by atoms with E-state index in [9.17, 15) is 4.79 Å². The molecule has 2 N–H and O–H groups in total. The molecule has 6 nitrogen and oxygen atoms in total. The van der Waals surface area contributed by atoms with E-state index >= 15 is 0 Å². The first-order valence-electron chi connectivity index (χ1n) is 15.0. The monoisotopic (exact) mass is 566 g/mol. The Balaban J connectivity index is 0.000000225. The van der Waals surface area contributed by atoms with Crippen molar-refractivity contribution in [2.24, 2.45) is 10.7 Å². The van der Waals surface area contributed by atoms with Crippen LogP contribution in [-0.4, -0.2) is 48.8 Å². The average Bonchev–Trinajstić information content (AvgIpc) is 3.66. The number of carbonyl (C=O) groups excluding carboxylic acids is 1. The lowest BCUT2D eigenvalue weighted by atomic mass is 10.1. The number of nitrogens with two attached hydrogens (primary N) is 1. The van der Waals surface area contributed by atoms with E-state index in [1.54, 1.807) is 6.07 Å². The van der Waals surface area contributed by atoms with Crippen molar-refractivity contribution in [2.45, 2.75) is 52.4 Å². The van der Waals surface area contributed by atoms with E-state index in [0.717, 1.165) is 67.2 Å². The van der Waals surface area contributed by atoms with Crippen molar-refractivity contribution in [1.29, 1.82) is 0 Å². The average molecular weight is 567 g/mol. The van der Waals surface area contributed by atoms with Gasteiger partial charge in [-0.15, -0.1) is 0 Å². The lowest BCUT2D eigenvalue weighted by Crippen LogP contribution is -1.95. The van der Waals surface area contributed by atoms with E-state index in [0.29, 0.717) is 5.69 Å². The summed E-state index contributed by atoms with van der Waals surface area (Å²) in [6.07, 6.45) is 9.87. The second-order valence-electron chi connectivity index (χ2n) is 9.60. The molecule has 6 heteroatoms. The zero-order valence-corrected chi connectivity index (χ0v) is 25.2. The molecule has 1 aliphatic rings. The van der Waals surface area contributed by atoms with Crippen molar-refractivity contribution >= 4 is 12.5 Å². The lowest BCUT2D eigenvalue weighted by Gasteiger charge is -2.01. The number of carbonyl (C=O) groups is 1. The van der Waals surface area contributed by atoms with Gasteiger partial charge in [0.25, 0.3) is 0 Å². The molecule has 3 heterocycles. The van der Waals surface area contributed by atoms with Crippen LogP contribution in [0, 0.1) is 0 Å². The SMILES string of the molecule is C1CCOC1.CCCCN.CCCCN=Cc1cccc(-c2ccccc2)n1.O=Cc1cccc(-c2ccccc2)n1. The van der Waals surface area contributed by atoms with Crippen LogP contribution in [0.5, 0.6) is 0 Å². The van der Waals surface area contributed by atoms with E-state index < -0.39 is 0 Å². The number of unbranched alkanes of at least 4 members (excludes halogenated alkanes) is 2. The molecular weight excluding hydrogens is 520 g/mol. The highest BCUT2D eigenvalue weighted by atomic mass is 16.5. The highest BCUT2D eigenvalue weighted by Crippen LogP contribution is 2.16. The normalized spacial score (nSPS) is 11.8. The van der Waals surface area contributed by atoms with Crippen molar-refractivity contribution in [3.05, 3.63) is 108 Å². The molecule has 5 rings (SSSR count). The number of hydrogen-bond acceptors (Lipinski definition) is 6. The minimum Gasteiger partial charge on any atom is -0.381 e. The zero-order valence-electron chi connectivity index (χ0n) is 25.2. The number of aldehydes is 1. The van der Waals surface area contributed by atoms with Gasteiger partial charge in [0, 0.05) is 37.1 Å². The molecule has 0 saturated carbocycles. The third-order valence-electron chi connectivity index (χ3n) is 6.05. The number of hydrogen-bond donors (Lipinski definition) is 1. The Morgan fingerprint density at radius 3 is 1.67 bits per heavy atom. The van der Waals surface area contributed by atoms with Crippen LogP contribution < -0.4 is 5.73 Å². The van der Waals surface area contributed by atoms with Crippen LogP contribution in [0.15, 0.2) is 102 Å². The molecular formula is C36H46N4O2. The maximum absolute atomic E-state index is 10.5. The summed E-state index contributed by atoms with van der Waals surface area (Å²) in [5.41, 5.74) is 10.5. The highest BCUT2D eigenvalue weighted by Gasteiger charge is 1.99. The molecule has 1 fully saturated rings. The van der Waals surface area contributed by atoms with Crippen LogP contribution >= 0.6 is 0 Å². The minimum atomic E-state index is 0.464. The molecule has 0 amide bonds. The predicted molar refractivity (Wildman–Crippen MR) is 176 cm³/mol. The smallest absolute Gasteiger partial charge is 0.168 e. The van der Waals surface area contributed by atoms with Gasteiger partial charge in [0.2, 0.25) is 0 Å². The number of nitrogens with zero attached hydrogens (tertiary/aromatic N) is 3. The number of rotatable bonds is 9. The molecule has 2 aromatic heterocycles. The van der Waals surface area contributed by atoms with Gasteiger partial charge in [0.1, 0.15) is 5.69 Å². The molecule has 0 aliphatic carbocycles. The van der Waals surface area contributed by atoms with Crippen LogP contribution in [0.3, 0.4) is 0 Å². The van der Waals surface area contributed by atoms with Gasteiger partial charge in [-0.1, -0.05) is 99.5 Å². The fourth-order valence-corrected chi connectivity index (χ4v) is 3.70. The summed E-state index contributed by atoms with van der Waals surface area (Å²) in [6.45, 7) is 8.03. The van der Waals surface area contributed by atoms with Gasteiger partial charge in [-0.25, -0.2) is 9.97 Å². The number of ether oxygens (including phenoxy) is 1. The summed E-state index contributed by atoms with van der Waals surface area (Å²) >= 11 is 0. The lowest BCUT2D eigenvalue weighted by molar-refractivity contribution is 0.111. The first kappa shape index (κ1) is 34.2. The Labute approximate surface area is 252 Å². The Hall–Kier alpha value is -4.00. The third-order valence-corrected chi connectivity index (χ3v) is 6.05. The zero-order chi connectivity index (χ0) is 30.1. The van der Waals surface area contributed by atoms with Crippen molar-refractivity contribution in [3.8, 4) is 22.5 Å². The molecule has 42 heavy (non-hydrogen) atoms. The number of aromatic nitrogens is 2. The summed E-state index contributed by atoms with van der Waals surface area (Å²) in [6, 6.07) is 31.5. The van der Waals surface area contributed by atoms with Gasteiger partial charge < -0.3 is 10.5 Å². The van der Waals surface area contributed by atoms with E-state index in [2.05, 4.69) is 40.9 Å². The summed E-state index contributed by atoms with van der Waals surface area (Å²) in [5, 5.41) is 0. The van der Waals surface area contributed by atoms with Crippen molar-refractivity contribution < 1.29 is 9.53 Å². The first-order valence-corrected chi connectivity index (χ1v) is 15.0. The van der Waals surface area contributed by atoms with Gasteiger partial charge in [-0.3, -0.25) is 9.79 Å². The van der Waals surface area contributed by atoms with Crippen molar-refractivity contribution in [2.75, 3.05) is 26.3 Å². The van der Waals surface area contributed by atoms with E-state index in [4.69, 9.17) is 10.5 Å². The van der Waals surface area contributed by atoms with E-state index in [1.807, 2.05) is 85.1 Å². The van der Waals surface area contributed by atoms with Crippen LogP contribution in [0.4, 0.5) is 0 Å². The Morgan fingerprint density at radius 2 is 1.24 bits per heavy atom. The standard InChI is InChI=1S/C16H18N2.C12H9NO.C4H11N.C4H8O/c1-2-3-12-17-13-15-10-7-11-16(18-15)14-8-5-4-6-9-14;14-9-11-7-4-8-12(13-11)10-5-2-1-3-6-10;1-2-3-4-5;1-2-4-5-3-1/h4-11,13H,2-3,12H2,1H3;1-9H;2-5H2,1H3;1-4H2. The largest absolute Gasteiger partial charge is 0.381 e. The molecule has 222 valence electrons. The third kappa shape index (κ3) is 14.6. The van der Waals surface area contributed by atoms with Crippen molar-refractivity contribution in [1.82, 2.24) is 9.97 Å². The van der Waals surface area contributed by atoms with Gasteiger partial charge in [0.15, 0.2) is 6.29 Å². The topological polar surface area (TPSA) is 90.5 Å². The first-order chi connectivity index (χ1) is 20.7. The molecule has 0 bridgehead atoms. The predicted octanol–water partition coefficient (Wildman–Crippen LogP) is 8.07. The Morgan fingerprint density at radius 1 is 0.714 bits per heavy atom.